The van der Waals surface area contributed by atoms with Gasteiger partial charge in [-0.1, -0.05) is 55.5 Å². The number of pyridine rings is 1. The average molecular weight is 479 g/mol. The molecule has 0 fully saturated rings. The van der Waals surface area contributed by atoms with Crippen LogP contribution >= 0.6 is 15.9 Å². The summed E-state index contributed by atoms with van der Waals surface area (Å²) in [7, 11) is 1.60. The molecule has 6 heteroatoms. The summed E-state index contributed by atoms with van der Waals surface area (Å²) in [6.07, 6.45) is 1.53. The van der Waals surface area contributed by atoms with Gasteiger partial charge in [0.05, 0.1) is 6.04 Å². The molecule has 3 aromatic rings. The van der Waals surface area contributed by atoms with Gasteiger partial charge in [0.25, 0.3) is 0 Å². The van der Waals surface area contributed by atoms with E-state index in [0.717, 1.165) is 15.6 Å². The van der Waals surface area contributed by atoms with Gasteiger partial charge in [0.1, 0.15) is 12.3 Å². The van der Waals surface area contributed by atoms with Crippen LogP contribution in [0, 0.1) is 0 Å². The lowest BCUT2D eigenvalue weighted by atomic mass is 9.98. The number of carbonyl (C=O) groups is 2. The first-order chi connectivity index (χ1) is 15.0. The van der Waals surface area contributed by atoms with E-state index in [9.17, 15) is 9.59 Å². The Bertz CT molecular complexity index is 1070. The Kier molecular flexibility index (Phi) is 6.18. The summed E-state index contributed by atoms with van der Waals surface area (Å²) >= 11 is 3.32. The van der Waals surface area contributed by atoms with E-state index in [1.807, 2.05) is 31.2 Å². The van der Waals surface area contributed by atoms with Crippen LogP contribution in [0.15, 0.2) is 71.3 Å². The lowest BCUT2D eigenvalue weighted by Gasteiger charge is -2.26. The Hall–Kier alpha value is -2.99. The SMILES string of the molecule is CCC(C(=O)c1ccc(Br)cn1)N(C)C(=O)OCC1c2ccccc2-c2ccccc21. The van der Waals surface area contributed by atoms with Gasteiger partial charge in [0.15, 0.2) is 0 Å². The van der Waals surface area contributed by atoms with Crippen molar-refractivity contribution in [3.05, 3.63) is 88.2 Å². The average Bonchev–Trinajstić information content (AvgIpc) is 3.12. The fraction of sp³-hybridized carbons (Fsp3) is 0.240. The minimum atomic E-state index is -0.635. The molecule has 1 heterocycles. The molecule has 1 atom stereocenters. The number of ether oxygens (including phenoxy) is 1. The summed E-state index contributed by atoms with van der Waals surface area (Å²) in [6.45, 7) is 2.09. The Morgan fingerprint density at radius 2 is 1.65 bits per heavy atom. The normalized spacial score (nSPS) is 13.3. The summed E-state index contributed by atoms with van der Waals surface area (Å²) < 4.78 is 6.49. The van der Waals surface area contributed by atoms with Gasteiger partial charge in [-0.15, -0.1) is 0 Å². The predicted octanol–water partition coefficient (Wildman–Crippen LogP) is 5.69. The van der Waals surface area contributed by atoms with Crippen molar-refractivity contribution in [2.75, 3.05) is 13.7 Å². The van der Waals surface area contributed by atoms with Crippen LogP contribution in [0.3, 0.4) is 0 Å². The fourth-order valence-corrected chi connectivity index (χ4v) is 4.39. The molecule has 0 saturated carbocycles. The molecule has 0 aliphatic heterocycles. The Labute approximate surface area is 190 Å². The van der Waals surface area contributed by atoms with E-state index in [0.29, 0.717) is 12.1 Å². The summed E-state index contributed by atoms with van der Waals surface area (Å²) in [5.41, 5.74) is 4.99. The maximum Gasteiger partial charge on any atom is 0.410 e. The van der Waals surface area contributed by atoms with Crippen LogP contribution in [0.1, 0.15) is 40.9 Å². The van der Waals surface area contributed by atoms with Gasteiger partial charge in [-0.3, -0.25) is 9.78 Å². The summed E-state index contributed by atoms with van der Waals surface area (Å²) in [6, 6.07) is 19.2. The van der Waals surface area contributed by atoms with Gasteiger partial charge < -0.3 is 9.64 Å². The minimum absolute atomic E-state index is 0.0198. The zero-order chi connectivity index (χ0) is 22.0. The van der Waals surface area contributed by atoms with Crippen molar-refractivity contribution in [2.45, 2.75) is 25.3 Å². The second-order valence-electron chi connectivity index (χ2n) is 7.56. The highest BCUT2D eigenvalue weighted by molar-refractivity contribution is 9.10. The standard InChI is InChI=1S/C25H23BrN2O3/c1-3-23(24(29)22-13-12-16(26)14-27-22)28(2)25(30)31-15-21-19-10-6-4-8-17(19)18-9-5-7-11-20(18)21/h4-14,21,23H,3,15H2,1-2H3. The largest absolute Gasteiger partial charge is 0.448 e. The van der Waals surface area contributed by atoms with Crippen LogP contribution in [0.25, 0.3) is 11.1 Å². The zero-order valence-electron chi connectivity index (χ0n) is 17.4. The third kappa shape index (κ3) is 4.12. The van der Waals surface area contributed by atoms with E-state index in [1.54, 1.807) is 25.4 Å². The molecule has 0 spiro atoms. The van der Waals surface area contributed by atoms with Crippen molar-refractivity contribution in [1.82, 2.24) is 9.88 Å². The van der Waals surface area contributed by atoms with Gasteiger partial charge in [-0.25, -0.2) is 4.79 Å². The van der Waals surface area contributed by atoms with Crippen LogP contribution < -0.4 is 0 Å². The van der Waals surface area contributed by atoms with Crippen LogP contribution in [-0.2, 0) is 4.74 Å². The molecule has 0 bridgehead atoms. The molecular formula is C25H23BrN2O3. The molecular weight excluding hydrogens is 456 g/mol. The third-order valence-electron chi connectivity index (χ3n) is 5.76. The molecule has 5 nitrogen and oxygen atoms in total. The molecule has 0 radical (unpaired) electrons. The number of carbonyl (C=O) groups excluding carboxylic acids is 2. The number of hydrogen-bond donors (Lipinski definition) is 0. The lowest BCUT2D eigenvalue weighted by molar-refractivity contribution is 0.0722. The molecule has 1 unspecified atom stereocenters. The third-order valence-corrected chi connectivity index (χ3v) is 6.23. The zero-order valence-corrected chi connectivity index (χ0v) is 19.0. The second kappa shape index (κ2) is 9.02. The number of likely N-dealkylation sites (N-methyl/N-ethyl adjacent to an activating group) is 1. The van der Waals surface area contributed by atoms with Gasteiger partial charge >= 0.3 is 6.09 Å². The molecule has 2 aromatic carbocycles. The first kappa shape index (κ1) is 21.2. The Balaban J connectivity index is 1.48. The van der Waals surface area contributed by atoms with Crippen LogP contribution in [0.5, 0.6) is 0 Å². The number of nitrogens with zero attached hydrogens (tertiary/aromatic N) is 2. The monoisotopic (exact) mass is 478 g/mol. The molecule has 0 saturated heterocycles. The summed E-state index contributed by atoms with van der Waals surface area (Å²) in [5, 5.41) is 0. The van der Waals surface area contributed by atoms with Gasteiger partial charge in [0.2, 0.25) is 5.78 Å². The van der Waals surface area contributed by atoms with Crippen molar-refractivity contribution in [3.8, 4) is 11.1 Å². The maximum atomic E-state index is 12.9. The summed E-state index contributed by atoms with van der Waals surface area (Å²) in [5.74, 6) is -0.223. The van der Waals surface area contributed by atoms with Gasteiger partial charge in [-0.2, -0.15) is 0 Å². The van der Waals surface area contributed by atoms with Crippen molar-refractivity contribution >= 4 is 27.8 Å². The molecule has 0 N–H and O–H groups in total. The number of halogens is 1. The first-order valence-corrected chi connectivity index (χ1v) is 11.0. The highest BCUT2D eigenvalue weighted by atomic mass is 79.9. The van der Waals surface area contributed by atoms with Crippen molar-refractivity contribution in [2.24, 2.45) is 0 Å². The number of rotatable bonds is 6. The quantitative estimate of drug-likeness (QED) is 0.427. The van der Waals surface area contributed by atoms with Crippen LogP contribution in [-0.4, -0.2) is 41.5 Å². The molecule has 4 rings (SSSR count). The lowest BCUT2D eigenvalue weighted by Crippen LogP contribution is -2.43. The number of ketones is 1. The molecule has 158 valence electrons. The minimum Gasteiger partial charge on any atom is -0.448 e. The molecule has 1 aliphatic rings. The van der Waals surface area contributed by atoms with Crippen molar-refractivity contribution in [3.63, 3.8) is 0 Å². The van der Waals surface area contributed by atoms with Gasteiger partial charge in [-0.05, 0) is 56.7 Å². The number of fused-ring (bicyclic) bond motifs is 3. The predicted molar refractivity (Wildman–Crippen MR) is 123 cm³/mol. The summed E-state index contributed by atoms with van der Waals surface area (Å²) in [4.78, 5) is 31.3. The Morgan fingerprint density at radius 1 is 1.03 bits per heavy atom. The van der Waals surface area contributed by atoms with E-state index in [4.69, 9.17) is 4.74 Å². The second-order valence-corrected chi connectivity index (χ2v) is 8.48. The number of amides is 1. The van der Waals surface area contributed by atoms with E-state index in [2.05, 4.69) is 45.2 Å². The van der Waals surface area contributed by atoms with E-state index in [1.165, 1.54) is 16.0 Å². The van der Waals surface area contributed by atoms with Crippen LogP contribution in [0.2, 0.25) is 0 Å². The fourth-order valence-electron chi connectivity index (χ4n) is 4.15. The smallest absolute Gasteiger partial charge is 0.410 e. The molecule has 1 aliphatic carbocycles. The topological polar surface area (TPSA) is 59.5 Å². The molecule has 1 amide bonds. The number of aromatic nitrogens is 1. The molecule has 31 heavy (non-hydrogen) atoms. The maximum absolute atomic E-state index is 12.9. The van der Waals surface area contributed by atoms with Crippen molar-refractivity contribution < 1.29 is 14.3 Å². The number of Topliss-reactive ketones (excluding diaryl/α,β-unsaturated/α-hetero) is 1. The van der Waals surface area contributed by atoms with E-state index >= 15 is 0 Å². The first-order valence-electron chi connectivity index (χ1n) is 10.2. The number of hydrogen-bond acceptors (Lipinski definition) is 4. The number of benzene rings is 2. The highest BCUT2D eigenvalue weighted by Gasteiger charge is 2.32. The van der Waals surface area contributed by atoms with E-state index in [-0.39, 0.29) is 18.3 Å². The van der Waals surface area contributed by atoms with Crippen LogP contribution in [0.4, 0.5) is 4.79 Å². The highest BCUT2D eigenvalue weighted by Crippen LogP contribution is 2.44. The molecule has 1 aromatic heterocycles. The van der Waals surface area contributed by atoms with Gasteiger partial charge in [0, 0.05) is 23.6 Å². The Morgan fingerprint density at radius 3 is 2.19 bits per heavy atom. The van der Waals surface area contributed by atoms with E-state index < -0.39 is 12.1 Å². The van der Waals surface area contributed by atoms with Crippen molar-refractivity contribution in [1.29, 1.82) is 0 Å².